The zero-order chi connectivity index (χ0) is 16.5. The largest absolute Gasteiger partial charge is 0.469 e. The molecule has 0 aromatic heterocycles. The van der Waals surface area contributed by atoms with Gasteiger partial charge >= 0.3 is 5.97 Å². The molecule has 1 unspecified atom stereocenters. The maximum Gasteiger partial charge on any atom is 0.310 e. The summed E-state index contributed by atoms with van der Waals surface area (Å²) in [5.74, 6) is 0.184. The number of carbonyl (C=O) groups is 2. The highest BCUT2D eigenvalue weighted by Crippen LogP contribution is 2.27. The van der Waals surface area contributed by atoms with E-state index in [4.69, 9.17) is 4.74 Å². The van der Waals surface area contributed by atoms with Crippen molar-refractivity contribution in [3.05, 3.63) is 0 Å². The van der Waals surface area contributed by atoms with Crippen molar-refractivity contribution in [2.75, 3.05) is 40.8 Å². The molecule has 0 spiro atoms. The van der Waals surface area contributed by atoms with Crippen LogP contribution in [-0.2, 0) is 14.3 Å². The van der Waals surface area contributed by atoms with Gasteiger partial charge in [-0.25, -0.2) is 0 Å². The maximum atomic E-state index is 12.6. The number of rotatable bonds is 8. The standard InChI is InChI=1S/C17H32N2O3/c1-14(17(21)22-4)13-19(11-10-18(2)3)16(20)12-15-8-6-5-7-9-15/h14-15H,5-13H2,1-4H3. The lowest BCUT2D eigenvalue weighted by atomic mass is 9.86. The average Bonchev–Trinajstić information content (AvgIpc) is 2.50. The Kier molecular flexibility index (Phi) is 8.46. The van der Waals surface area contributed by atoms with Crippen LogP contribution in [0.2, 0.25) is 0 Å². The van der Waals surface area contributed by atoms with Gasteiger partial charge in [0.2, 0.25) is 5.91 Å². The van der Waals surface area contributed by atoms with E-state index in [1.54, 1.807) is 0 Å². The monoisotopic (exact) mass is 312 g/mol. The lowest BCUT2D eigenvalue weighted by Gasteiger charge is -2.29. The Balaban J connectivity index is 2.57. The van der Waals surface area contributed by atoms with Gasteiger partial charge in [0.05, 0.1) is 13.0 Å². The summed E-state index contributed by atoms with van der Waals surface area (Å²) in [5, 5.41) is 0. The van der Waals surface area contributed by atoms with Gasteiger partial charge in [-0.3, -0.25) is 9.59 Å². The molecule has 0 N–H and O–H groups in total. The number of ether oxygens (including phenoxy) is 1. The van der Waals surface area contributed by atoms with Crippen LogP contribution in [-0.4, -0.2) is 62.5 Å². The van der Waals surface area contributed by atoms with Crippen molar-refractivity contribution in [1.82, 2.24) is 9.80 Å². The Labute approximate surface area is 135 Å². The first-order valence-electron chi connectivity index (χ1n) is 8.44. The second kappa shape index (κ2) is 9.82. The van der Waals surface area contributed by atoms with E-state index in [9.17, 15) is 9.59 Å². The van der Waals surface area contributed by atoms with Crippen molar-refractivity contribution in [2.24, 2.45) is 11.8 Å². The van der Waals surface area contributed by atoms with Crippen LogP contribution >= 0.6 is 0 Å². The van der Waals surface area contributed by atoms with Crippen LogP contribution in [0, 0.1) is 11.8 Å². The molecule has 0 radical (unpaired) electrons. The van der Waals surface area contributed by atoms with Crippen LogP contribution in [0.1, 0.15) is 45.4 Å². The summed E-state index contributed by atoms with van der Waals surface area (Å²) in [6.07, 6.45) is 6.75. The lowest BCUT2D eigenvalue weighted by molar-refractivity contribution is -0.146. The molecule has 1 atom stereocenters. The highest BCUT2D eigenvalue weighted by Gasteiger charge is 2.24. The molecule has 0 aliphatic heterocycles. The third-order valence-electron chi connectivity index (χ3n) is 4.46. The van der Waals surface area contributed by atoms with Crippen molar-refractivity contribution in [1.29, 1.82) is 0 Å². The molecule has 5 heteroatoms. The topological polar surface area (TPSA) is 49.9 Å². The molecule has 1 aliphatic carbocycles. The van der Waals surface area contributed by atoms with Crippen molar-refractivity contribution in [3.63, 3.8) is 0 Å². The van der Waals surface area contributed by atoms with E-state index in [1.165, 1.54) is 39.2 Å². The van der Waals surface area contributed by atoms with E-state index in [0.29, 0.717) is 25.4 Å². The van der Waals surface area contributed by atoms with Gasteiger partial charge in [0.15, 0.2) is 0 Å². The number of hydrogen-bond acceptors (Lipinski definition) is 4. The molecule has 22 heavy (non-hydrogen) atoms. The second-order valence-electron chi connectivity index (χ2n) is 6.78. The van der Waals surface area contributed by atoms with Gasteiger partial charge in [-0.2, -0.15) is 0 Å². The summed E-state index contributed by atoms with van der Waals surface area (Å²) >= 11 is 0. The lowest BCUT2D eigenvalue weighted by Crippen LogP contribution is -2.41. The zero-order valence-electron chi connectivity index (χ0n) is 14.6. The molecule has 1 saturated carbocycles. The van der Waals surface area contributed by atoms with E-state index in [1.807, 2.05) is 25.9 Å². The van der Waals surface area contributed by atoms with E-state index in [2.05, 4.69) is 4.90 Å². The van der Waals surface area contributed by atoms with Gasteiger partial charge < -0.3 is 14.5 Å². The van der Waals surface area contributed by atoms with Crippen LogP contribution < -0.4 is 0 Å². The highest BCUT2D eigenvalue weighted by atomic mass is 16.5. The average molecular weight is 312 g/mol. The first kappa shape index (κ1) is 18.9. The number of methoxy groups -OCH3 is 1. The smallest absolute Gasteiger partial charge is 0.310 e. The summed E-state index contributed by atoms with van der Waals surface area (Å²) < 4.78 is 4.78. The zero-order valence-corrected chi connectivity index (χ0v) is 14.6. The van der Waals surface area contributed by atoms with Crippen LogP contribution in [0.4, 0.5) is 0 Å². The molecule has 1 amide bonds. The van der Waals surface area contributed by atoms with Crippen molar-refractivity contribution >= 4 is 11.9 Å². The number of likely N-dealkylation sites (N-methyl/N-ethyl adjacent to an activating group) is 1. The van der Waals surface area contributed by atoms with Crippen LogP contribution in [0.15, 0.2) is 0 Å². The Morgan fingerprint density at radius 1 is 1.14 bits per heavy atom. The molecule has 5 nitrogen and oxygen atoms in total. The van der Waals surface area contributed by atoms with E-state index in [0.717, 1.165) is 6.54 Å². The third-order valence-corrected chi connectivity index (χ3v) is 4.46. The Hall–Kier alpha value is -1.10. The van der Waals surface area contributed by atoms with Gasteiger partial charge in [-0.15, -0.1) is 0 Å². The van der Waals surface area contributed by atoms with Crippen LogP contribution in [0.25, 0.3) is 0 Å². The quantitative estimate of drug-likeness (QED) is 0.645. The Bertz CT molecular complexity index is 352. The van der Waals surface area contributed by atoms with Gasteiger partial charge in [0.1, 0.15) is 0 Å². The van der Waals surface area contributed by atoms with Crippen molar-refractivity contribution in [2.45, 2.75) is 45.4 Å². The summed E-state index contributed by atoms with van der Waals surface area (Å²) in [4.78, 5) is 28.2. The number of hydrogen-bond donors (Lipinski definition) is 0. The fourth-order valence-electron chi connectivity index (χ4n) is 3.01. The molecule has 0 bridgehead atoms. The molecule has 1 rings (SSSR count). The normalized spacial score (nSPS) is 17.3. The number of carbonyl (C=O) groups excluding carboxylic acids is 2. The number of esters is 1. The van der Waals surface area contributed by atoms with Crippen LogP contribution in [0.3, 0.4) is 0 Å². The maximum absolute atomic E-state index is 12.6. The van der Waals surface area contributed by atoms with Crippen LogP contribution in [0.5, 0.6) is 0 Å². The molecule has 0 aromatic carbocycles. The van der Waals surface area contributed by atoms with E-state index >= 15 is 0 Å². The van der Waals surface area contributed by atoms with Gasteiger partial charge in [0, 0.05) is 26.1 Å². The minimum absolute atomic E-state index is 0.185. The SMILES string of the molecule is COC(=O)C(C)CN(CCN(C)C)C(=O)CC1CCCCC1. The van der Waals surface area contributed by atoms with Gasteiger partial charge in [-0.05, 0) is 32.9 Å². The number of nitrogens with zero attached hydrogens (tertiary/aromatic N) is 2. The molecule has 0 aromatic rings. The first-order valence-corrected chi connectivity index (χ1v) is 8.44. The molecule has 128 valence electrons. The molecular weight excluding hydrogens is 280 g/mol. The van der Waals surface area contributed by atoms with Crippen molar-refractivity contribution in [3.8, 4) is 0 Å². The highest BCUT2D eigenvalue weighted by molar-refractivity contribution is 5.78. The predicted molar refractivity (Wildman–Crippen MR) is 87.5 cm³/mol. The van der Waals surface area contributed by atoms with E-state index < -0.39 is 0 Å². The fraction of sp³-hybridized carbons (Fsp3) is 0.882. The molecule has 1 fully saturated rings. The summed E-state index contributed by atoms with van der Waals surface area (Å²) in [5.41, 5.74) is 0. The molecular formula is C17H32N2O3. The summed E-state index contributed by atoms with van der Waals surface area (Å²) in [6, 6.07) is 0. The first-order chi connectivity index (χ1) is 10.4. The molecule has 0 heterocycles. The second-order valence-corrected chi connectivity index (χ2v) is 6.78. The fourth-order valence-corrected chi connectivity index (χ4v) is 3.01. The Morgan fingerprint density at radius 3 is 2.32 bits per heavy atom. The predicted octanol–water partition coefficient (Wildman–Crippen LogP) is 2.16. The summed E-state index contributed by atoms with van der Waals surface area (Å²) in [6.45, 7) is 3.75. The van der Waals surface area contributed by atoms with Gasteiger partial charge in [-0.1, -0.05) is 26.2 Å². The minimum atomic E-state index is -0.275. The minimum Gasteiger partial charge on any atom is -0.469 e. The molecule has 1 aliphatic rings. The third kappa shape index (κ3) is 6.77. The number of amides is 1. The Morgan fingerprint density at radius 2 is 1.77 bits per heavy atom. The van der Waals surface area contributed by atoms with E-state index in [-0.39, 0.29) is 17.8 Å². The summed E-state index contributed by atoms with van der Waals surface area (Å²) in [7, 11) is 5.38. The van der Waals surface area contributed by atoms with Gasteiger partial charge in [0.25, 0.3) is 0 Å². The molecule has 0 saturated heterocycles. The van der Waals surface area contributed by atoms with Crippen molar-refractivity contribution < 1.29 is 14.3 Å².